The third-order valence-electron chi connectivity index (χ3n) is 2.52. The molecule has 0 amide bonds. The van der Waals surface area contributed by atoms with E-state index >= 15 is 0 Å². The van der Waals surface area contributed by atoms with Crippen molar-refractivity contribution in [2.45, 2.75) is 6.92 Å². The molecule has 0 bridgehead atoms. The first-order valence-corrected chi connectivity index (χ1v) is 6.88. The standard InChI is InChI=1S/C9H7N.C4H6N2.C4H4O4/c1-2-6-9-8(4-1)5-3-7-10-9;1-4-5-2-3-6-4;5-3(6)1-2-4(7)8/h1-7H;2-3H,1H3,(H,5,6);1-2H,(H,5,6)(H,7,8)/b;;2-1-. The monoisotopic (exact) mass is 327 g/mol. The van der Waals surface area contributed by atoms with Gasteiger partial charge in [0, 0.05) is 36.1 Å². The normalized spacial score (nSPS) is 9.54. The first-order valence-electron chi connectivity index (χ1n) is 6.88. The second kappa shape index (κ2) is 10.3. The van der Waals surface area contributed by atoms with E-state index in [-0.39, 0.29) is 0 Å². The number of para-hydroxylation sites is 1. The number of aliphatic carboxylic acids is 2. The van der Waals surface area contributed by atoms with Gasteiger partial charge in [-0.1, -0.05) is 24.3 Å². The van der Waals surface area contributed by atoms with Crippen LogP contribution in [-0.2, 0) is 9.59 Å². The number of imidazole rings is 1. The average molecular weight is 327 g/mol. The number of carboxylic acids is 2. The number of fused-ring (bicyclic) bond motifs is 1. The van der Waals surface area contributed by atoms with E-state index in [1.54, 1.807) is 12.4 Å². The fraction of sp³-hybridized carbons (Fsp3) is 0.0588. The largest absolute Gasteiger partial charge is 0.478 e. The highest BCUT2D eigenvalue weighted by Gasteiger charge is 1.88. The van der Waals surface area contributed by atoms with Gasteiger partial charge in [-0.2, -0.15) is 0 Å². The lowest BCUT2D eigenvalue weighted by Gasteiger charge is -1.91. The first-order chi connectivity index (χ1) is 11.5. The second-order valence-corrected chi connectivity index (χ2v) is 4.38. The lowest BCUT2D eigenvalue weighted by atomic mass is 10.2. The molecule has 3 rings (SSSR count). The Morgan fingerprint density at radius 2 is 1.58 bits per heavy atom. The topological polar surface area (TPSA) is 116 Å². The van der Waals surface area contributed by atoms with E-state index in [0.29, 0.717) is 12.2 Å². The third-order valence-corrected chi connectivity index (χ3v) is 2.52. The highest BCUT2D eigenvalue weighted by atomic mass is 16.4. The number of H-pyrrole nitrogens is 1. The van der Waals surface area contributed by atoms with Crippen molar-refractivity contribution in [2.75, 3.05) is 0 Å². The van der Waals surface area contributed by atoms with Gasteiger partial charge in [0.05, 0.1) is 5.52 Å². The number of nitrogens with one attached hydrogen (secondary N) is 1. The summed E-state index contributed by atoms with van der Waals surface area (Å²) in [7, 11) is 0. The van der Waals surface area contributed by atoms with Gasteiger partial charge in [-0.15, -0.1) is 0 Å². The number of pyridine rings is 1. The Kier molecular flexibility index (Phi) is 7.95. The maximum atomic E-state index is 9.55. The molecule has 3 N–H and O–H groups in total. The van der Waals surface area contributed by atoms with Crippen molar-refractivity contribution < 1.29 is 19.8 Å². The van der Waals surface area contributed by atoms with Crippen LogP contribution in [0.3, 0.4) is 0 Å². The molecule has 24 heavy (non-hydrogen) atoms. The van der Waals surface area contributed by atoms with E-state index in [1.807, 2.05) is 37.4 Å². The van der Waals surface area contributed by atoms with Crippen LogP contribution < -0.4 is 0 Å². The number of rotatable bonds is 2. The molecular formula is C17H17N3O4. The Balaban J connectivity index is 0.000000187. The number of aryl methyl sites for hydroxylation is 1. The Morgan fingerprint density at radius 3 is 2.04 bits per heavy atom. The lowest BCUT2D eigenvalue weighted by molar-refractivity contribution is -0.134. The van der Waals surface area contributed by atoms with Gasteiger partial charge < -0.3 is 15.2 Å². The number of aromatic nitrogens is 3. The number of hydrogen-bond donors (Lipinski definition) is 3. The number of aromatic amines is 1. The smallest absolute Gasteiger partial charge is 0.328 e. The van der Waals surface area contributed by atoms with Gasteiger partial charge in [0.25, 0.3) is 0 Å². The summed E-state index contributed by atoms with van der Waals surface area (Å²) >= 11 is 0. The van der Waals surface area contributed by atoms with Crippen molar-refractivity contribution in [3.05, 3.63) is 73.0 Å². The number of hydrogen-bond acceptors (Lipinski definition) is 4. The van der Waals surface area contributed by atoms with E-state index in [1.165, 1.54) is 5.39 Å². The van der Waals surface area contributed by atoms with Crippen molar-refractivity contribution in [3.8, 4) is 0 Å². The summed E-state index contributed by atoms with van der Waals surface area (Å²) in [6.07, 6.45) is 6.46. The summed E-state index contributed by atoms with van der Waals surface area (Å²) in [6.45, 7) is 1.92. The Hall–Kier alpha value is -3.48. The Labute approximate surface area is 138 Å². The van der Waals surface area contributed by atoms with Crippen LogP contribution in [0.2, 0.25) is 0 Å². The minimum atomic E-state index is -1.26. The molecule has 0 aliphatic carbocycles. The maximum absolute atomic E-state index is 9.55. The number of carboxylic acid groups (broad SMARTS) is 2. The molecule has 0 saturated carbocycles. The summed E-state index contributed by atoms with van der Waals surface area (Å²) in [5.74, 6) is -1.55. The van der Waals surface area contributed by atoms with Crippen LogP contribution in [0.1, 0.15) is 5.82 Å². The molecule has 0 atom stereocenters. The molecule has 3 aromatic rings. The van der Waals surface area contributed by atoms with E-state index in [2.05, 4.69) is 27.1 Å². The Morgan fingerprint density at radius 1 is 0.958 bits per heavy atom. The van der Waals surface area contributed by atoms with Crippen LogP contribution in [-0.4, -0.2) is 37.1 Å². The van der Waals surface area contributed by atoms with Crippen molar-refractivity contribution in [1.82, 2.24) is 15.0 Å². The first kappa shape index (κ1) is 18.6. The lowest BCUT2D eigenvalue weighted by Crippen LogP contribution is -1.91. The van der Waals surface area contributed by atoms with Gasteiger partial charge in [-0.25, -0.2) is 14.6 Å². The Bertz CT molecular complexity index is 717. The van der Waals surface area contributed by atoms with Crippen LogP contribution in [0, 0.1) is 6.92 Å². The molecule has 2 heterocycles. The molecule has 2 aromatic heterocycles. The van der Waals surface area contributed by atoms with Gasteiger partial charge in [-0.3, -0.25) is 4.98 Å². The van der Waals surface area contributed by atoms with Crippen LogP contribution in [0.5, 0.6) is 0 Å². The van der Waals surface area contributed by atoms with E-state index in [0.717, 1.165) is 11.3 Å². The molecular weight excluding hydrogens is 310 g/mol. The molecule has 0 aliphatic rings. The molecule has 0 aliphatic heterocycles. The zero-order chi connectivity index (χ0) is 17.8. The number of benzene rings is 1. The van der Waals surface area contributed by atoms with Crippen LogP contribution >= 0.6 is 0 Å². The van der Waals surface area contributed by atoms with E-state index in [4.69, 9.17) is 10.2 Å². The van der Waals surface area contributed by atoms with Crippen LogP contribution in [0.15, 0.2) is 67.1 Å². The molecule has 0 spiro atoms. The van der Waals surface area contributed by atoms with Gasteiger partial charge in [0.15, 0.2) is 0 Å². The van der Waals surface area contributed by atoms with Crippen LogP contribution in [0.25, 0.3) is 10.9 Å². The molecule has 1 aromatic carbocycles. The molecule has 0 saturated heterocycles. The average Bonchev–Trinajstić information content (AvgIpc) is 3.05. The predicted molar refractivity (Wildman–Crippen MR) is 89.5 cm³/mol. The quantitative estimate of drug-likeness (QED) is 0.623. The maximum Gasteiger partial charge on any atom is 0.328 e. The molecule has 7 heteroatoms. The summed E-state index contributed by atoms with van der Waals surface area (Å²) in [5, 5.41) is 16.8. The minimum absolute atomic E-state index is 0.558. The van der Waals surface area contributed by atoms with Gasteiger partial charge in [0.2, 0.25) is 0 Å². The zero-order valence-electron chi connectivity index (χ0n) is 13.0. The zero-order valence-corrected chi connectivity index (χ0v) is 13.0. The summed E-state index contributed by atoms with van der Waals surface area (Å²) in [4.78, 5) is 30.0. The SMILES string of the molecule is Cc1ncc[nH]1.O=C(O)/C=C\C(=O)O.c1ccc2ncccc2c1. The third kappa shape index (κ3) is 8.08. The van der Waals surface area contributed by atoms with Crippen molar-refractivity contribution in [3.63, 3.8) is 0 Å². The fourth-order valence-electron chi connectivity index (χ4n) is 1.50. The van der Waals surface area contributed by atoms with Gasteiger partial charge >= 0.3 is 11.9 Å². The van der Waals surface area contributed by atoms with Crippen molar-refractivity contribution in [2.24, 2.45) is 0 Å². The van der Waals surface area contributed by atoms with Gasteiger partial charge in [-0.05, 0) is 19.1 Å². The highest BCUT2D eigenvalue weighted by Crippen LogP contribution is 2.07. The van der Waals surface area contributed by atoms with Crippen LogP contribution in [0.4, 0.5) is 0 Å². The minimum Gasteiger partial charge on any atom is -0.478 e. The molecule has 124 valence electrons. The van der Waals surface area contributed by atoms with E-state index in [9.17, 15) is 9.59 Å². The second-order valence-electron chi connectivity index (χ2n) is 4.38. The summed E-state index contributed by atoms with van der Waals surface area (Å²) < 4.78 is 0. The molecule has 0 fully saturated rings. The molecule has 7 nitrogen and oxygen atoms in total. The van der Waals surface area contributed by atoms with Crippen molar-refractivity contribution in [1.29, 1.82) is 0 Å². The summed E-state index contributed by atoms with van der Waals surface area (Å²) in [6, 6.07) is 12.1. The number of nitrogens with zero attached hydrogens (tertiary/aromatic N) is 2. The molecule has 0 unspecified atom stereocenters. The fourth-order valence-corrected chi connectivity index (χ4v) is 1.50. The van der Waals surface area contributed by atoms with E-state index < -0.39 is 11.9 Å². The highest BCUT2D eigenvalue weighted by molar-refractivity contribution is 5.89. The van der Waals surface area contributed by atoms with Crippen molar-refractivity contribution >= 4 is 22.8 Å². The predicted octanol–water partition coefficient (Wildman–Crippen LogP) is 2.66. The summed E-state index contributed by atoms with van der Waals surface area (Å²) in [5.41, 5.74) is 1.06. The van der Waals surface area contributed by atoms with Gasteiger partial charge in [0.1, 0.15) is 5.82 Å². The molecule has 0 radical (unpaired) electrons. The number of carbonyl (C=O) groups is 2.